The number of alkyl halides is 3. The smallest absolute Gasteiger partial charge is 0.326 e. The Bertz CT molecular complexity index is 1200. The topological polar surface area (TPSA) is 87.3 Å². The highest BCUT2D eigenvalue weighted by atomic mass is 32.2. The van der Waals surface area contributed by atoms with Crippen molar-refractivity contribution in [1.29, 1.82) is 0 Å². The molecule has 3 amide bonds. The average molecular weight is 488 g/mol. The van der Waals surface area contributed by atoms with Crippen molar-refractivity contribution in [1.82, 2.24) is 0 Å². The van der Waals surface area contributed by atoms with Crippen molar-refractivity contribution in [3.63, 3.8) is 0 Å². The lowest BCUT2D eigenvalue weighted by Gasteiger charge is -2.11. The maximum atomic E-state index is 12.9. The third-order valence-electron chi connectivity index (χ3n) is 4.40. The van der Waals surface area contributed by atoms with Crippen LogP contribution in [0.1, 0.15) is 22.8 Å². The first-order valence-corrected chi connectivity index (χ1v) is 11.0. The predicted octanol–water partition coefficient (Wildman–Crippen LogP) is 5.65. The molecule has 0 fully saturated rings. The average Bonchev–Trinajstić information content (AvgIpc) is 2.78. The van der Waals surface area contributed by atoms with Gasteiger partial charge in [-0.2, -0.15) is 13.2 Å². The minimum atomic E-state index is -4.52. The van der Waals surface area contributed by atoms with E-state index in [1.165, 1.54) is 43.0 Å². The van der Waals surface area contributed by atoms with Crippen molar-refractivity contribution >= 4 is 46.5 Å². The molecule has 0 saturated carbocycles. The summed E-state index contributed by atoms with van der Waals surface area (Å²) >= 11 is 1.29. The number of halogens is 3. The summed E-state index contributed by atoms with van der Waals surface area (Å²) < 4.78 is 38.6. The zero-order chi connectivity index (χ0) is 24.7. The fourth-order valence-corrected chi connectivity index (χ4v) is 3.60. The molecule has 3 rings (SSSR count). The normalized spacial score (nSPS) is 10.9. The molecule has 0 bridgehead atoms. The molecule has 0 atom stereocenters. The third-order valence-corrected chi connectivity index (χ3v) is 5.41. The minimum absolute atomic E-state index is 0.00943. The van der Waals surface area contributed by atoms with E-state index in [2.05, 4.69) is 16.0 Å². The second kappa shape index (κ2) is 10.9. The van der Waals surface area contributed by atoms with Crippen LogP contribution in [0.3, 0.4) is 0 Å². The predicted molar refractivity (Wildman–Crippen MR) is 126 cm³/mol. The standard InChI is InChI=1S/C24H20F3N3O3S/c1-15(31)28-18-8-10-21(11-9-18)34-14-22(32)29-19-6-2-4-16(12-19)23(33)30-20-7-3-5-17(13-20)24(25,26)27/h2-13H,14H2,1H3,(H,28,31)(H,29,32)(H,30,33). The van der Waals surface area contributed by atoms with E-state index in [1.54, 1.807) is 36.4 Å². The van der Waals surface area contributed by atoms with Crippen LogP contribution in [0.2, 0.25) is 0 Å². The highest BCUT2D eigenvalue weighted by Gasteiger charge is 2.30. The lowest BCUT2D eigenvalue weighted by atomic mass is 10.1. The number of nitrogens with one attached hydrogen (secondary N) is 3. The van der Waals surface area contributed by atoms with Crippen LogP contribution in [0.15, 0.2) is 77.7 Å². The van der Waals surface area contributed by atoms with Crippen LogP contribution in [0.5, 0.6) is 0 Å². The zero-order valence-electron chi connectivity index (χ0n) is 17.9. The number of anilines is 3. The Balaban J connectivity index is 1.57. The summed E-state index contributed by atoms with van der Waals surface area (Å²) in [7, 11) is 0. The van der Waals surface area contributed by atoms with Crippen LogP contribution in [-0.4, -0.2) is 23.5 Å². The van der Waals surface area contributed by atoms with E-state index in [4.69, 9.17) is 0 Å². The van der Waals surface area contributed by atoms with Crippen molar-refractivity contribution < 1.29 is 27.6 Å². The summed E-state index contributed by atoms with van der Waals surface area (Å²) in [5.74, 6) is -0.971. The zero-order valence-corrected chi connectivity index (χ0v) is 18.7. The van der Waals surface area contributed by atoms with Gasteiger partial charge < -0.3 is 16.0 Å². The molecule has 0 saturated heterocycles. The van der Waals surface area contributed by atoms with Crippen LogP contribution in [0.4, 0.5) is 30.2 Å². The number of rotatable bonds is 7. The van der Waals surface area contributed by atoms with E-state index in [9.17, 15) is 27.6 Å². The maximum absolute atomic E-state index is 12.9. The molecule has 10 heteroatoms. The van der Waals surface area contributed by atoms with E-state index in [-0.39, 0.29) is 28.8 Å². The molecule has 0 aliphatic heterocycles. The first kappa shape index (κ1) is 24.8. The third kappa shape index (κ3) is 7.38. The van der Waals surface area contributed by atoms with E-state index in [1.807, 2.05) is 0 Å². The summed E-state index contributed by atoms with van der Waals surface area (Å²) in [4.78, 5) is 36.7. The Hall–Kier alpha value is -3.79. The molecule has 0 radical (unpaired) electrons. The number of benzene rings is 3. The van der Waals surface area contributed by atoms with Crippen LogP contribution in [0, 0.1) is 0 Å². The summed E-state index contributed by atoms with van der Waals surface area (Å²) in [6.45, 7) is 1.41. The number of carbonyl (C=O) groups excluding carboxylic acids is 3. The molecule has 3 aromatic carbocycles. The van der Waals surface area contributed by atoms with Crippen LogP contribution >= 0.6 is 11.8 Å². The minimum Gasteiger partial charge on any atom is -0.326 e. The summed E-state index contributed by atoms with van der Waals surface area (Å²) in [5, 5.41) is 7.78. The number of thioether (sulfide) groups is 1. The van der Waals surface area contributed by atoms with E-state index in [0.29, 0.717) is 11.4 Å². The van der Waals surface area contributed by atoms with Gasteiger partial charge in [0.25, 0.3) is 5.91 Å². The Morgan fingerprint density at radius 1 is 0.794 bits per heavy atom. The first-order valence-electron chi connectivity index (χ1n) is 9.99. The summed E-state index contributed by atoms with van der Waals surface area (Å²) in [6.07, 6.45) is -4.52. The van der Waals surface area contributed by atoms with Gasteiger partial charge >= 0.3 is 6.18 Å². The van der Waals surface area contributed by atoms with E-state index >= 15 is 0 Å². The quantitative estimate of drug-likeness (QED) is 0.376. The van der Waals surface area contributed by atoms with Gasteiger partial charge in [0, 0.05) is 34.4 Å². The van der Waals surface area contributed by atoms with Crippen LogP contribution < -0.4 is 16.0 Å². The Labute approximate surface area is 197 Å². The molecular weight excluding hydrogens is 467 g/mol. The van der Waals surface area contributed by atoms with Gasteiger partial charge in [0.15, 0.2) is 0 Å². The van der Waals surface area contributed by atoms with Gasteiger partial charge in [0.05, 0.1) is 11.3 Å². The molecule has 0 aliphatic rings. The van der Waals surface area contributed by atoms with Gasteiger partial charge in [0.2, 0.25) is 11.8 Å². The molecule has 0 aliphatic carbocycles. The van der Waals surface area contributed by atoms with Gasteiger partial charge in [-0.25, -0.2) is 0 Å². The lowest BCUT2D eigenvalue weighted by Crippen LogP contribution is -2.16. The van der Waals surface area contributed by atoms with Gasteiger partial charge in [-0.15, -0.1) is 11.8 Å². The first-order chi connectivity index (χ1) is 16.1. The fraction of sp³-hybridized carbons (Fsp3) is 0.125. The molecule has 0 heterocycles. The largest absolute Gasteiger partial charge is 0.416 e. The second-order valence-corrected chi connectivity index (χ2v) is 8.20. The van der Waals surface area contributed by atoms with E-state index in [0.717, 1.165) is 17.0 Å². The van der Waals surface area contributed by atoms with E-state index < -0.39 is 17.6 Å². The molecule has 0 aromatic heterocycles. The van der Waals surface area contributed by atoms with Crippen molar-refractivity contribution in [2.75, 3.05) is 21.7 Å². The summed E-state index contributed by atoms with van der Waals surface area (Å²) in [5.41, 5.74) is 0.352. The highest BCUT2D eigenvalue weighted by molar-refractivity contribution is 8.00. The van der Waals surface area contributed by atoms with Gasteiger partial charge in [-0.3, -0.25) is 14.4 Å². The Kier molecular flexibility index (Phi) is 7.95. The molecule has 3 N–H and O–H groups in total. The number of carbonyl (C=O) groups is 3. The molecule has 0 spiro atoms. The number of amides is 3. The van der Waals surface area contributed by atoms with Gasteiger partial charge in [0.1, 0.15) is 0 Å². The Morgan fingerprint density at radius 2 is 1.44 bits per heavy atom. The monoisotopic (exact) mass is 487 g/mol. The van der Waals surface area contributed by atoms with Crippen molar-refractivity contribution in [2.24, 2.45) is 0 Å². The van der Waals surface area contributed by atoms with Gasteiger partial charge in [-0.05, 0) is 60.7 Å². The van der Waals surface area contributed by atoms with Crippen LogP contribution in [-0.2, 0) is 15.8 Å². The van der Waals surface area contributed by atoms with Gasteiger partial charge in [-0.1, -0.05) is 12.1 Å². The molecule has 0 unspecified atom stereocenters. The van der Waals surface area contributed by atoms with Crippen molar-refractivity contribution in [2.45, 2.75) is 18.0 Å². The molecule has 34 heavy (non-hydrogen) atoms. The Morgan fingerprint density at radius 3 is 2.09 bits per heavy atom. The number of hydrogen-bond donors (Lipinski definition) is 3. The SMILES string of the molecule is CC(=O)Nc1ccc(SCC(=O)Nc2cccc(C(=O)Nc3cccc(C(F)(F)F)c3)c2)cc1. The van der Waals surface area contributed by atoms with Crippen LogP contribution in [0.25, 0.3) is 0 Å². The molecule has 6 nitrogen and oxygen atoms in total. The van der Waals surface area contributed by atoms with Crippen molar-refractivity contribution in [3.05, 3.63) is 83.9 Å². The molecule has 176 valence electrons. The molecular formula is C24H20F3N3O3S. The lowest BCUT2D eigenvalue weighted by molar-refractivity contribution is -0.137. The molecule has 3 aromatic rings. The highest BCUT2D eigenvalue weighted by Crippen LogP contribution is 2.30. The van der Waals surface area contributed by atoms with Crippen molar-refractivity contribution in [3.8, 4) is 0 Å². The fourth-order valence-electron chi connectivity index (χ4n) is 2.90. The number of hydrogen-bond acceptors (Lipinski definition) is 4. The second-order valence-electron chi connectivity index (χ2n) is 7.16. The summed E-state index contributed by atoms with van der Waals surface area (Å²) in [6, 6.07) is 17.4. The maximum Gasteiger partial charge on any atom is 0.416 e.